The minimum absolute atomic E-state index is 0.135. The summed E-state index contributed by atoms with van der Waals surface area (Å²) < 4.78 is 1.68. The Labute approximate surface area is 158 Å². The summed E-state index contributed by atoms with van der Waals surface area (Å²) in [5.74, 6) is 0.744. The number of piperidine rings is 1. The minimum atomic E-state index is -0.578. The van der Waals surface area contributed by atoms with Crippen molar-refractivity contribution in [2.24, 2.45) is 7.05 Å². The quantitative estimate of drug-likeness (QED) is 0.765. The molecule has 1 aliphatic rings. The topological polar surface area (TPSA) is 99.5 Å². The summed E-state index contributed by atoms with van der Waals surface area (Å²) in [6.45, 7) is 4.31. The van der Waals surface area contributed by atoms with Gasteiger partial charge in [-0.25, -0.2) is 4.79 Å². The normalized spacial score (nSPS) is 18.3. The van der Waals surface area contributed by atoms with Gasteiger partial charge in [0.2, 0.25) is 0 Å². The van der Waals surface area contributed by atoms with Crippen LogP contribution >= 0.6 is 0 Å². The van der Waals surface area contributed by atoms with Crippen LogP contribution in [0.2, 0.25) is 0 Å². The molecule has 1 fully saturated rings. The van der Waals surface area contributed by atoms with Gasteiger partial charge in [-0.2, -0.15) is 5.10 Å². The zero-order chi connectivity index (χ0) is 19.6. The predicted molar refractivity (Wildman–Crippen MR) is 102 cm³/mol. The van der Waals surface area contributed by atoms with Crippen LogP contribution in [0, 0.1) is 6.92 Å². The molecular formula is C19H25N5O3. The standard InChI is InChI=1S/C19H25N5O3/c1-12-10-17(23(3)22-12)24-9-5-8-16(18(24)26)21-19(27)20-13(2)14-6-4-7-15(25)11-14/h4,6-7,10-11,13,16,25H,5,8-9H2,1-3H3,(H2,20,21,27)/t13-,16?/m1/s1. The van der Waals surface area contributed by atoms with E-state index in [0.29, 0.717) is 13.0 Å². The number of aromatic hydroxyl groups is 1. The highest BCUT2D eigenvalue weighted by Gasteiger charge is 2.32. The Hall–Kier alpha value is -3.03. The number of phenols is 1. The molecule has 2 aromatic rings. The van der Waals surface area contributed by atoms with Crippen molar-refractivity contribution in [2.75, 3.05) is 11.4 Å². The van der Waals surface area contributed by atoms with E-state index in [1.54, 1.807) is 34.8 Å². The summed E-state index contributed by atoms with van der Waals surface area (Å²) in [5, 5.41) is 19.4. The van der Waals surface area contributed by atoms with Gasteiger partial charge < -0.3 is 15.7 Å². The number of benzene rings is 1. The molecule has 3 amide bonds. The van der Waals surface area contributed by atoms with E-state index >= 15 is 0 Å². The maximum atomic E-state index is 12.8. The molecule has 0 radical (unpaired) electrons. The van der Waals surface area contributed by atoms with E-state index in [-0.39, 0.29) is 17.7 Å². The van der Waals surface area contributed by atoms with Gasteiger partial charge in [0.15, 0.2) is 0 Å². The number of nitrogens with zero attached hydrogens (tertiary/aromatic N) is 3. The number of aryl methyl sites for hydroxylation is 2. The number of carbonyl (C=O) groups is 2. The number of aromatic nitrogens is 2. The van der Waals surface area contributed by atoms with E-state index < -0.39 is 12.1 Å². The van der Waals surface area contributed by atoms with Gasteiger partial charge in [-0.15, -0.1) is 0 Å². The summed E-state index contributed by atoms with van der Waals surface area (Å²) in [7, 11) is 1.80. The van der Waals surface area contributed by atoms with Gasteiger partial charge in [-0.3, -0.25) is 14.4 Å². The van der Waals surface area contributed by atoms with Gasteiger partial charge in [-0.1, -0.05) is 12.1 Å². The average Bonchev–Trinajstić information content (AvgIpc) is 2.95. The highest BCUT2D eigenvalue weighted by atomic mass is 16.3. The summed E-state index contributed by atoms with van der Waals surface area (Å²) in [6, 6.07) is 7.30. The molecule has 1 saturated heterocycles. The molecule has 0 saturated carbocycles. The van der Waals surface area contributed by atoms with Crippen LogP contribution in [0.25, 0.3) is 0 Å². The van der Waals surface area contributed by atoms with Crippen LogP contribution in [0.1, 0.15) is 37.1 Å². The molecule has 1 aliphatic heterocycles. The van der Waals surface area contributed by atoms with Crippen LogP contribution in [0.15, 0.2) is 30.3 Å². The lowest BCUT2D eigenvalue weighted by molar-refractivity contribution is -0.121. The Bertz CT molecular complexity index is 848. The Morgan fingerprint density at radius 1 is 1.37 bits per heavy atom. The lowest BCUT2D eigenvalue weighted by atomic mass is 10.0. The highest BCUT2D eigenvalue weighted by Crippen LogP contribution is 2.22. The molecule has 0 aliphatic carbocycles. The summed E-state index contributed by atoms with van der Waals surface area (Å²) >= 11 is 0. The molecule has 2 heterocycles. The smallest absolute Gasteiger partial charge is 0.315 e. The van der Waals surface area contributed by atoms with Gasteiger partial charge in [0.1, 0.15) is 17.6 Å². The molecule has 1 aromatic heterocycles. The molecule has 1 unspecified atom stereocenters. The van der Waals surface area contributed by atoms with Crippen molar-refractivity contribution in [3.63, 3.8) is 0 Å². The largest absolute Gasteiger partial charge is 0.508 e. The first-order valence-corrected chi connectivity index (χ1v) is 9.03. The third-order valence-corrected chi connectivity index (χ3v) is 4.72. The van der Waals surface area contributed by atoms with Crippen LogP contribution in [0.4, 0.5) is 10.6 Å². The van der Waals surface area contributed by atoms with Crippen molar-refractivity contribution in [3.8, 4) is 5.75 Å². The predicted octanol–water partition coefficient (Wildman–Crippen LogP) is 1.99. The first kappa shape index (κ1) is 18.8. The molecule has 144 valence electrons. The maximum Gasteiger partial charge on any atom is 0.315 e. The van der Waals surface area contributed by atoms with Crippen LogP contribution < -0.4 is 15.5 Å². The zero-order valence-electron chi connectivity index (χ0n) is 15.8. The Morgan fingerprint density at radius 2 is 2.15 bits per heavy atom. The lowest BCUT2D eigenvalue weighted by Crippen LogP contribution is -2.55. The number of amides is 3. The molecular weight excluding hydrogens is 346 g/mol. The van der Waals surface area contributed by atoms with Crippen LogP contribution in [0.5, 0.6) is 5.75 Å². The van der Waals surface area contributed by atoms with Crippen LogP contribution in [-0.2, 0) is 11.8 Å². The van der Waals surface area contributed by atoms with Crippen LogP contribution in [-0.4, -0.2) is 39.4 Å². The van der Waals surface area contributed by atoms with Crippen molar-refractivity contribution in [1.29, 1.82) is 0 Å². The van der Waals surface area contributed by atoms with E-state index in [1.807, 2.05) is 26.0 Å². The summed E-state index contributed by atoms with van der Waals surface area (Å²) in [6.07, 6.45) is 1.39. The zero-order valence-corrected chi connectivity index (χ0v) is 15.8. The Kier molecular flexibility index (Phi) is 5.34. The van der Waals surface area contributed by atoms with Gasteiger partial charge in [0.05, 0.1) is 11.7 Å². The summed E-state index contributed by atoms with van der Waals surface area (Å²) in [4.78, 5) is 26.9. The number of urea groups is 1. The number of nitrogens with one attached hydrogen (secondary N) is 2. The van der Waals surface area contributed by atoms with Gasteiger partial charge >= 0.3 is 6.03 Å². The van der Waals surface area contributed by atoms with Crippen molar-refractivity contribution < 1.29 is 14.7 Å². The third kappa shape index (κ3) is 4.21. The fraction of sp³-hybridized carbons (Fsp3) is 0.421. The number of hydrogen-bond acceptors (Lipinski definition) is 4. The monoisotopic (exact) mass is 371 g/mol. The molecule has 2 atom stereocenters. The molecule has 8 heteroatoms. The number of carbonyl (C=O) groups excluding carboxylic acids is 2. The molecule has 3 N–H and O–H groups in total. The second-order valence-corrected chi connectivity index (χ2v) is 6.89. The fourth-order valence-corrected chi connectivity index (χ4v) is 3.36. The van der Waals surface area contributed by atoms with Gasteiger partial charge in [0, 0.05) is 19.7 Å². The first-order chi connectivity index (χ1) is 12.8. The molecule has 3 rings (SSSR count). The Balaban J connectivity index is 1.63. The number of anilines is 1. The third-order valence-electron chi connectivity index (χ3n) is 4.72. The fourth-order valence-electron chi connectivity index (χ4n) is 3.36. The molecule has 1 aromatic carbocycles. The number of hydrogen-bond donors (Lipinski definition) is 3. The first-order valence-electron chi connectivity index (χ1n) is 9.03. The van der Waals surface area contributed by atoms with E-state index in [0.717, 1.165) is 23.5 Å². The SMILES string of the molecule is Cc1cc(N2CCCC(NC(=O)N[C@H](C)c3cccc(O)c3)C2=O)n(C)n1. The molecule has 0 bridgehead atoms. The highest BCUT2D eigenvalue weighted by molar-refractivity contribution is 5.99. The van der Waals surface area contributed by atoms with E-state index in [1.165, 1.54) is 0 Å². The van der Waals surface area contributed by atoms with E-state index in [2.05, 4.69) is 15.7 Å². The van der Waals surface area contributed by atoms with E-state index in [9.17, 15) is 14.7 Å². The number of phenolic OH excluding ortho intramolecular Hbond substituents is 1. The van der Waals surface area contributed by atoms with Gasteiger partial charge in [-0.05, 0) is 44.4 Å². The van der Waals surface area contributed by atoms with Gasteiger partial charge in [0.25, 0.3) is 5.91 Å². The minimum Gasteiger partial charge on any atom is -0.508 e. The van der Waals surface area contributed by atoms with E-state index in [4.69, 9.17) is 0 Å². The van der Waals surface area contributed by atoms with Crippen molar-refractivity contribution in [3.05, 3.63) is 41.6 Å². The molecule has 27 heavy (non-hydrogen) atoms. The second kappa shape index (κ2) is 7.69. The van der Waals surface area contributed by atoms with Crippen molar-refractivity contribution in [1.82, 2.24) is 20.4 Å². The number of rotatable bonds is 4. The Morgan fingerprint density at radius 3 is 2.81 bits per heavy atom. The maximum absolute atomic E-state index is 12.8. The second-order valence-electron chi connectivity index (χ2n) is 6.89. The lowest BCUT2D eigenvalue weighted by Gasteiger charge is -2.32. The van der Waals surface area contributed by atoms with Crippen molar-refractivity contribution in [2.45, 2.75) is 38.8 Å². The average molecular weight is 371 g/mol. The molecule has 8 nitrogen and oxygen atoms in total. The molecule has 0 spiro atoms. The van der Waals surface area contributed by atoms with Crippen molar-refractivity contribution >= 4 is 17.8 Å². The summed E-state index contributed by atoms with van der Waals surface area (Å²) in [5.41, 5.74) is 1.63. The van der Waals surface area contributed by atoms with Crippen LogP contribution in [0.3, 0.4) is 0 Å².